The molecule has 0 bridgehead atoms. The molecule has 3 aromatic rings. The Morgan fingerprint density at radius 3 is 2.46 bits per heavy atom. The van der Waals surface area contributed by atoms with E-state index >= 15 is 0 Å². The first-order valence-corrected chi connectivity index (χ1v) is 9.03. The van der Waals surface area contributed by atoms with E-state index in [1.807, 2.05) is 62.1 Å². The van der Waals surface area contributed by atoms with Crippen LogP contribution in [-0.2, 0) is 0 Å². The van der Waals surface area contributed by atoms with E-state index in [1.165, 1.54) is 0 Å². The van der Waals surface area contributed by atoms with Crippen LogP contribution in [0.15, 0.2) is 42.6 Å². The Morgan fingerprint density at radius 1 is 1.08 bits per heavy atom. The van der Waals surface area contributed by atoms with Gasteiger partial charge in [0.25, 0.3) is 5.91 Å². The quantitative estimate of drug-likeness (QED) is 0.716. The molecule has 0 saturated heterocycles. The first kappa shape index (κ1) is 16.6. The summed E-state index contributed by atoms with van der Waals surface area (Å²) in [7, 11) is 0. The molecule has 4 rings (SSSR count). The van der Waals surface area contributed by atoms with Crippen molar-refractivity contribution in [3.05, 3.63) is 65.2 Å². The predicted molar refractivity (Wildman–Crippen MR) is 101 cm³/mol. The molecule has 0 N–H and O–H groups in total. The zero-order valence-electron chi connectivity index (χ0n) is 15.3. The van der Waals surface area contributed by atoms with Gasteiger partial charge in [-0.1, -0.05) is 6.07 Å². The average Bonchev–Trinajstić information content (AvgIpc) is 3.48. The van der Waals surface area contributed by atoms with Gasteiger partial charge in [0, 0.05) is 17.8 Å². The van der Waals surface area contributed by atoms with Crippen molar-refractivity contribution in [1.29, 1.82) is 0 Å². The Morgan fingerprint density at radius 2 is 1.81 bits per heavy atom. The number of carbonyl (C=O) groups is 1. The van der Waals surface area contributed by atoms with Crippen molar-refractivity contribution in [2.75, 3.05) is 0 Å². The van der Waals surface area contributed by atoms with E-state index in [1.54, 1.807) is 6.20 Å². The minimum atomic E-state index is -0.0577. The average molecular weight is 346 g/mol. The number of aromatic nitrogens is 3. The van der Waals surface area contributed by atoms with Gasteiger partial charge < -0.3 is 4.90 Å². The molecule has 1 atom stereocenters. The molecule has 1 aliphatic carbocycles. The Hall–Kier alpha value is -2.82. The number of carbonyl (C=O) groups excluding carboxylic acids is 1. The molecule has 1 saturated carbocycles. The third-order valence-corrected chi connectivity index (χ3v) is 5.03. The van der Waals surface area contributed by atoms with E-state index in [0.29, 0.717) is 11.6 Å². The van der Waals surface area contributed by atoms with Crippen LogP contribution in [0.2, 0.25) is 0 Å². The fraction of sp³-hybridized carbons (Fsp3) is 0.333. The van der Waals surface area contributed by atoms with Crippen molar-refractivity contribution < 1.29 is 4.79 Å². The smallest absolute Gasteiger partial charge is 0.254 e. The van der Waals surface area contributed by atoms with Crippen molar-refractivity contribution in [3.8, 4) is 0 Å². The molecule has 26 heavy (non-hydrogen) atoms. The molecule has 0 spiro atoms. The topological polar surface area (TPSA) is 59.0 Å². The maximum Gasteiger partial charge on any atom is 0.254 e. The molecule has 1 fully saturated rings. The summed E-state index contributed by atoms with van der Waals surface area (Å²) in [6, 6.07) is 11.7. The van der Waals surface area contributed by atoms with Crippen molar-refractivity contribution in [1.82, 2.24) is 19.9 Å². The lowest BCUT2D eigenvalue weighted by molar-refractivity contribution is 0.0670. The van der Waals surface area contributed by atoms with Gasteiger partial charge in [-0.3, -0.25) is 9.78 Å². The van der Waals surface area contributed by atoms with Crippen LogP contribution in [0.1, 0.15) is 53.2 Å². The van der Waals surface area contributed by atoms with Crippen LogP contribution in [0.5, 0.6) is 0 Å². The summed E-state index contributed by atoms with van der Waals surface area (Å²) < 4.78 is 0. The third kappa shape index (κ3) is 3.05. The van der Waals surface area contributed by atoms with Gasteiger partial charge in [0.2, 0.25) is 0 Å². The molecule has 5 nitrogen and oxygen atoms in total. The molecule has 0 unspecified atom stereocenters. The van der Waals surface area contributed by atoms with Gasteiger partial charge in [0.05, 0.1) is 34.2 Å². The molecule has 0 aliphatic heterocycles. The number of amides is 1. The highest BCUT2D eigenvalue weighted by Crippen LogP contribution is 2.35. The lowest BCUT2D eigenvalue weighted by Crippen LogP contribution is -2.36. The minimum absolute atomic E-state index is 0.0348. The predicted octanol–water partition coefficient (Wildman–Crippen LogP) is 4.01. The van der Waals surface area contributed by atoms with E-state index in [9.17, 15) is 4.79 Å². The van der Waals surface area contributed by atoms with Crippen LogP contribution in [-0.4, -0.2) is 31.8 Å². The molecule has 1 amide bonds. The fourth-order valence-electron chi connectivity index (χ4n) is 3.29. The highest BCUT2D eigenvalue weighted by Gasteiger charge is 2.37. The van der Waals surface area contributed by atoms with Gasteiger partial charge in [-0.05, 0) is 63.9 Å². The molecular weight excluding hydrogens is 324 g/mol. The number of benzene rings is 1. The van der Waals surface area contributed by atoms with E-state index in [4.69, 9.17) is 0 Å². The number of hydrogen-bond donors (Lipinski definition) is 0. The number of rotatable bonds is 4. The van der Waals surface area contributed by atoms with Gasteiger partial charge in [-0.25, -0.2) is 9.97 Å². The molecule has 2 heterocycles. The standard InChI is InChI=1S/C21H22N4O/c1-13-14(2)24-20-12-16(7-10-19(20)23-13)21(26)25(17-8-9-17)15(3)18-6-4-5-11-22-18/h4-7,10-12,15,17H,8-9H2,1-3H3/t15-/m0/s1. The molecule has 0 radical (unpaired) electrons. The summed E-state index contributed by atoms with van der Waals surface area (Å²) in [6.07, 6.45) is 3.88. The van der Waals surface area contributed by atoms with Crippen LogP contribution >= 0.6 is 0 Å². The van der Waals surface area contributed by atoms with Crippen LogP contribution < -0.4 is 0 Å². The van der Waals surface area contributed by atoms with Crippen molar-refractivity contribution in [2.45, 2.75) is 45.7 Å². The lowest BCUT2D eigenvalue weighted by Gasteiger charge is -2.29. The largest absolute Gasteiger partial charge is 0.327 e. The Labute approximate surface area is 153 Å². The molecular formula is C21H22N4O. The fourth-order valence-corrected chi connectivity index (χ4v) is 3.29. The maximum atomic E-state index is 13.3. The zero-order chi connectivity index (χ0) is 18.3. The molecule has 1 aliphatic rings. The number of hydrogen-bond acceptors (Lipinski definition) is 4. The molecule has 1 aromatic carbocycles. The summed E-state index contributed by atoms with van der Waals surface area (Å²) in [5.74, 6) is 0.0348. The van der Waals surface area contributed by atoms with E-state index in [0.717, 1.165) is 41.0 Å². The zero-order valence-corrected chi connectivity index (χ0v) is 15.3. The summed E-state index contributed by atoms with van der Waals surface area (Å²) in [4.78, 5) is 28.8. The monoisotopic (exact) mass is 346 g/mol. The first-order valence-electron chi connectivity index (χ1n) is 9.03. The van der Waals surface area contributed by atoms with Gasteiger partial charge in [-0.15, -0.1) is 0 Å². The Balaban J connectivity index is 1.70. The second-order valence-electron chi connectivity index (χ2n) is 6.97. The van der Waals surface area contributed by atoms with Crippen LogP contribution in [0, 0.1) is 13.8 Å². The number of fused-ring (bicyclic) bond motifs is 1. The highest BCUT2D eigenvalue weighted by atomic mass is 16.2. The molecule has 2 aromatic heterocycles. The van der Waals surface area contributed by atoms with Crippen molar-refractivity contribution >= 4 is 16.9 Å². The van der Waals surface area contributed by atoms with E-state index in [-0.39, 0.29) is 11.9 Å². The van der Waals surface area contributed by atoms with Crippen LogP contribution in [0.3, 0.4) is 0 Å². The molecule has 132 valence electrons. The second-order valence-corrected chi connectivity index (χ2v) is 6.97. The normalized spacial score (nSPS) is 15.0. The number of nitrogens with zero attached hydrogens (tertiary/aromatic N) is 4. The summed E-state index contributed by atoms with van der Waals surface area (Å²) >= 11 is 0. The SMILES string of the molecule is Cc1nc2ccc(C(=O)N(C3CC3)[C@@H](C)c3ccccn3)cc2nc1C. The number of pyridine rings is 1. The van der Waals surface area contributed by atoms with Crippen molar-refractivity contribution in [3.63, 3.8) is 0 Å². The van der Waals surface area contributed by atoms with Gasteiger partial charge in [-0.2, -0.15) is 0 Å². The summed E-state index contributed by atoms with van der Waals surface area (Å²) in [5, 5.41) is 0. The van der Waals surface area contributed by atoms with Crippen LogP contribution in [0.4, 0.5) is 0 Å². The highest BCUT2D eigenvalue weighted by molar-refractivity contribution is 5.97. The third-order valence-electron chi connectivity index (χ3n) is 5.03. The summed E-state index contributed by atoms with van der Waals surface area (Å²) in [5.41, 5.74) is 4.97. The van der Waals surface area contributed by atoms with Gasteiger partial charge in [0.1, 0.15) is 0 Å². The second kappa shape index (κ2) is 6.48. The van der Waals surface area contributed by atoms with Gasteiger partial charge >= 0.3 is 0 Å². The van der Waals surface area contributed by atoms with Crippen LogP contribution in [0.25, 0.3) is 11.0 Å². The minimum Gasteiger partial charge on any atom is -0.327 e. The maximum absolute atomic E-state index is 13.3. The Bertz CT molecular complexity index is 966. The first-order chi connectivity index (χ1) is 12.5. The summed E-state index contributed by atoms with van der Waals surface area (Å²) in [6.45, 7) is 5.94. The van der Waals surface area contributed by atoms with Crippen molar-refractivity contribution in [2.24, 2.45) is 0 Å². The van der Waals surface area contributed by atoms with E-state index < -0.39 is 0 Å². The van der Waals surface area contributed by atoms with Gasteiger partial charge in [0.15, 0.2) is 0 Å². The van der Waals surface area contributed by atoms with E-state index in [2.05, 4.69) is 15.0 Å². The Kier molecular flexibility index (Phi) is 4.15. The number of aryl methyl sites for hydroxylation is 2. The lowest BCUT2D eigenvalue weighted by atomic mass is 10.1. The molecule has 5 heteroatoms.